The van der Waals surface area contributed by atoms with Crippen LogP contribution in [0.2, 0.25) is 0 Å². The summed E-state index contributed by atoms with van der Waals surface area (Å²) in [6.45, 7) is 0.916. The number of nitrogens with two attached hydrogens (primary N) is 1. The maximum atomic E-state index is 11.6. The minimum absolute atomic E-state index is 0.225. The Morgan fingerprint density at radius 2 is 2.18 bits per heavy atom. The van der Waals surface area contributed by atoms with Gasteiger partial charge in [-0.25, -0.2) is 0 Å². The molecule has 0 amide bonds. The molecule has 0 radical (unpaired) electrons. The Morgan fingerprint density at radius 1 is 1.41 bits per heavy atom. The van der Waals surface area contributed by atoms with Gasteiger partial charge >= 0.3 is 0 Å². The van der Waals surface area contributed by atoms with E-state index in [4.69, 9.17) is 10.5 Å². The van der Waals surface area contributed by atoms with Gasteiger partial charge in [-0.3, -0.25) is 4.72 Å². The Hall–Kier alpha value is -1.15. The first-order chi connectivity index (χ1) is 8.07. The second-order valence-corrected chi connectivity index (χ2v) is 4.90. The van der Waals surface area contributed by atoms with Crippen molar-refractivity contribution in [2.24, 2.45) is 5.73 Å². The average Bonchev–Trinajstić information content (AvgIpc) is 2.29. The van der Waals surface area contributed by atoms with Crippen LogP contribution in [0.4, 0.5) is 5.69 Å². The molecule has 0 atom stereocenters. The van der Waals surface area contributed by atoms with Crippen LogP contribution in [-0.2, 0) is 21.5 Å². The molecule has 0 heterocycles. The quantitative estimate of drug-likeness (QED) is 0.603. The lowest BCUT2D eigenvalue weighted by Crippen LogP contribution is -2.32. The number of methoxy groups -OCH3 is 1. The Bertz CT molecular complexity index is 448. The van der Waals surface area contributed by atoms with Crippen molar-refractivity contribution in [3.8, 4) is 0 Å². The van der Waals surface area contributed by atoms with E-state index in [1.54, 1.807) is 18.2 Å². The molecule has 1 aromatic carbocycles. The molecule has 0 spiro atoms. The van der Waals surface area contributed by atoms with Gasteiger partial charge < -0.3 is 10.5 Å². The van der Waals surface area contributed by atoms with Crippen molar-refractivity contribution >= 4 is 15.9 Å². The lowest BCUT2D eigenvalue weighted by atomic mass is 10.2. The van der Waals surface area contributed by atoms with Crippen LogP contribution < -0.4 is 15.2 Å². The second kappa shape index (κ2) is 6.55. The van der Waals surface area contributed by atoms with E-state index in [1.165, 1.54) is 7.11 Å². The molecule has 0 unspecified atom stereocenters. The first-order valence-corrected chi connectivity index (χ1v) is 6.61. The fourth-order valence-corrected chi connectivity index (χ4v) is 2.09. The monoisotopic (exact) mass is 259 g/mol. The van der Waals surface area contributed by atoms with Gasteiger partial charge in [0.25, 0.3) is 10.2 Å². The predicted octanol–water partition coefficient (Wildman–Crippen LogP) is 0.0380. The number of ether oxygens (including phenoxy) is 1. The van der Waals surface area contributed by atoms with E-state index >= 15 is 0 Å². The summed E-state index contributed by atoms with van der Waals surface area (Å²) in [7, 11) is -2.05. The first-order valence-electron chi connectivity index (χ1n) is 5.13. The molecule has 96 valence electrons. The van der Waals surface area contributed by atoms with Gasteiger partial charge in [0.05, 0.1) is 12.3 Å². The summed E-state index contributed by atoms with van der Waals surface area (Å²) in [5, 5.41) is 0. The van der Waals surface area contributed by atoms with Crippen LogP contribution in [0.3, 0.4) is 0 Å². The number of hydrogen-bond donors (Lipinski definition) is 3. The van der Waals surface area contributed by atoms with Gasteiger partial charge in [-0.05, 0) is 17.7 Å². The number of anilines is 1. The molecule has 17 heavy (non-hydrogen) atoms. The minimum atomic E-state index is -3.55. The van der Waals surface area contributed by atoms with Crippen molar-refractivity contribution in [1.29, 1.82) is 0 Å². The first kappa shape index (κ1) is 13.9. The van der Waals surface area contributed by atoms with Gasteiger partial charge in [0.1, 0.15) is 0 Å². The Labute approximate surface area is 101 Å². The summed E-state index contributed by atoms with van der Waals surface area (Å²) in [6.07, 6.45) is 0. The van der Waals surface area contributed by atoms with Gasteiger partial charge in [-0.1, -0.05) is 12.1 Å². The van der Waals surface area contributed by atoms with Crippen molar-refractivity contribution in [3.63, 3.8) is 0 Å². The van der Waals surface area contributed by atoms with Crippen LogP contribution in [0.25, 0.3) is 0 Å². The molecule has 0 fully saturated rings. The van der Waals surface area contributed by atoms with Gasteiger partial charge in [0.2, 0.25) is 0 Å². The zero-order valence-corrected chi connectivity index (χ0v) is 10.5. The third-order valence-electron chi connectivity index (χ3n) is 2.01. The highest BCUT2D eigenvalue weighted by Gasteiger charge is 2.08. The third kappa shape index (κ3) is 5.14. The molecule has 0 saturated carbocycles. The van der Waals surface area contributed by atoms with Gasteiger partial charge in [0, 0.05) is 20.2 Å². The minimum Gasteiger partial charge on any atom is -0.383 e. The van der Waals surface area contributed by atoms with Crippen molar-refractivity contribution in [1.82, 2.24) is 4.72 Å². The lowest BCUT2D eigenvalue weighted by molar-refractivity contribution is 0.204. The average molecular weight is 259 g/mol. The summed E-state index contributed by atoms with van der Waals surface area (Å²) in [4.78, 5) is 0. The van der Waals surface area contributed by atoms with Gasteiger partial charge in [-0.2, -0.15) is 13.1 Å². The summed E-state index contributed by atoms with van der Waals surface area (Å²) in [5.74, 6) is 0. The van der Waals surface area contributed by atoms with Crippen LogP contribution in [0.15, 0.2) is 24.3 Å². The highest BCUT2D eigenvalue weighted by Crippen LogP contribution is 2.11. The van der Waals surface area contributed by atoms with E-state index in [-0.39, 0.29) is 6.54 Å². The molecule has 7 heteroatoms. The van der Waals surface area contributed by atoms with E-state index in [0.717, 1.165) is 5.56 Å². The molecule has 6 nitrogen and oxygen atoms in total. The molecule has 0 aromatic heterocycles. The molecule has 0 bridgehead atoms. The lowest BCUT2D eigenvalue weighted by Gasteiger charge is -2.09. The van der Waals surface area contributed by atoms with Crippen LogP contribution >= 0.6 is 0 Å². The second-order valence-electron chi connectivity index (χ2n) is 3.40. The van der Waals surface area contributed by atoms with Crippen molar-refractivity contribution in [2.75, 3.05) is 25.0 Å². The summed E-state index contributed by atoms with van der Waals surface area (Å²) in [5.41, 5.74) is 6.82. The van der Waals surface area contributed by atoms with Crippen molar-refractivity contribution in [3.05, 3.63) is 29.8 Å². The Kier molecular flexibility index (Phi) is 5.36. The fourth-order valence-electron chi connectivity index (χ4n) is 1.23. The molecule has 0 aliphatic rings. The summed E-state index contributed by atoms with van der Waals surface area (Å²) in [6, 6.07) is 6.93. The molecule has 0 saturated heterocycles. The van der Waals surface area contributed by atoms with Crippen LogP contribution in [0.1, 0.15) is 5.56 Å². The highest BCUT2D eigenvalue weighted by atomic mass is 32.2. The number of benzene rings is 1. The highest BCUT2D eigenvalue weighted by molar-refractivity contribution is 7.90. The normalized spacial score (nSPS) is 11.4. The Morgan fingerprint density at radius 3 is 2.82 bits per heavy atom. The van der Waals surface area contributed by atoms with Crippen molar-refractivity contribution in [2.45, 2.75) is 6.54 Å². The van der Waals surface area contributed by atoms with Crippen LogP contribution in [0, 0.1) is 0 Å². The fraction of sp³-hybridized carbons (Fsp3) is 0.400. The standard InChI is InChI=1S/C10H17N3O3S/c1-16-6-5-12-17(14,15)13-10-4-2-3-9(7-10)8-11/h2-4,7,12-13H,5-6,8,11H2,1H3. The summed E-state index contributed by atoms with van der Waals surface area (Å²) < 4.78 is 32.6. The molecular weight excluding hydrogens is 242 g/mol. The zero-order valence-electron chi connectivity index (χ0n) is 9.64. The van der Waals surface area contributed by atoms with E-state index < -0.39 is 10.2 Å². The molecule has 0 aliphatic carbocycles. The number of rotatable bonds is 7. The maximum absolute atomic E-state index is 11.6. The molecule has 4 N–H and O–H groups in total. The van der Waals surface area contributed by atoms with E-state index in [2.05, 4.69) is 9.44 Å². The van der Waals surface area contributed by atoms with Crippen LogP contribution in [-0.4, -0.2) is 28.7 Å². The molecular formula is C10H17N3O3S. The van der Waals surface area contributed by atoms with Crippen LogP contribution in [0.5, 0.6) is 0 Å². The third-order valence-corrected chi connectivity index (χ3v) is 3.10. The van der Waals surface area contributed by atoms with E-state index in [1.807, 2.05) is 6.07 Å². The van der Waals surface area contributed by atoms with E-state index in [0.29, 0.717) is 18.8 Å². The number of nitrogens with one attached hydrogen (secondary N) is 2. The van der Waals surface area contributed by atoms with Gasteiger partial charge in [0.15, 0.2) is 0 Å². The smallest absolute Gasteiger partial charge is 0.299 e. The summed E-state index contributed by atoms with van der Waals surface area (Å²) >= 11 is 0. The topological polar surface area (TPSA) is 93.4 Å². The zero-order chi connectivity index (χ0) is 12.7. The Balaban J connectivity index is 2.62. The van der Waals surface area contributed by atoms with Crippen molar-refractivity contribution < 1.29 is 13.2 Å². The molecule has 1 rings (SSSR count). The number of hydrogen-bond acceptors (Lipinski definition) is 4. The predicted molar refractivity (Wildman–Crippen MR) is 66.8 cm³/mol. The molecule has 1 aromatic rings. The largest absolute Gasteiger partial charge is 0.383 e. The molecule has 0 aliphatic heterocycles. The SMILES string of the molecule is COCCNS(=O)(=O)Nc1cccc(CN)c1. The maximum Gasteiger partial charge on any atom is 0.299 e. The van der Waals surface area contributed by atoms with E-state index in [9.17, 15) is 8.42 Å². The van der Waals surface area contributed by atoms with Gasteiger partial charge in [-0.15, -0.1) is 0 Å².